The molecule has 0 saturated carbocycles. The number of thiophene rings is 1. The molecule has 0 fully saturated rings. The standard InChI is InChI=1S/C20H23N3OS3/c1-14-6-8-15(9-7-14)17-13-27-20(25)23(17)12-19(24)21-11-16(22(2)3)18-5-4-10-26-18/h4-10,13,16H,11-12H2,1-3H3,(H,21,24). The van der Waals surface area contributed by atoms with E-state index in [-0.39, 0.29) is 18.5 Å². The molecule has 27 heavy (non-hydrogen) atoms. The van der Waals surface area contributed by atoms with E-state index in [9.17, 15) is 4.79 Å². The number of nitrogens with one attached hydrogen (secondary N) is 1. The molecule has 7 heteroatoms. The van der Waals surface area contributed by atoms with Crippen molar-refractivity contribution in [2.45, 2.75) is 19.5 Å². The lowest BCUT2D eigenvalue weighted by atomic mass is 10.1. The van der Waals surface area contributed by atoms with Crippen molar-refractivity contribution in [1.82, 2.24) is 14.8 Å². The first-order chi connectivity index (χ1) is 13.0. The first-order valence-electron chi connectivity index (χ1n) is 8.67. The van der Waals surface area contributed by atoms with Crippen molar-refractivity contribution < 1.29 is 4.79 Å². The lowest BCUT2D eigenvalue weighted by Gasteiger charge is -2.23. The Balaban J connectivity index is 1.70. The van der Waals surface area contributed by atoms with Crippen LogP contribution in [-0.4, -0.2) is 36.0 Å². The smallest absolute Gasteiger partial charge is 0.240 e. The topological polar surface area (TPSA) is 37.3 Å². The van der Waals surface area contributed by atoms with Crippen molar-refractivity contribution >= 4 is 40.8 Å². The predicted octanol–water partition coefficient (Wildman–Crippen LogP) is 4.74. The van der Waals surface area contributed by atoms with E-state index in [2.05, 4.69) is 52.9 Å². The number of benzene rings is 1. The minimum absolute atomic E-state index is 0.0266. The highest BCUT2D eigenvalue weighted by atomic mass is 32.1. The van der Waals surface area contributed by atoms with Crippen LogP contribution in [0.25, 0.3) is 11.3 Å². The maximum atomic E-state index is 12.6. The van der Waals surface area contributed by atoms with E-state index in [4.69, 9.17) is 12.2 Å². The van der Waals surface area contributed by atoms with Crippen LogP contribution in [0.15, 0.2) is 47.2 Å². The lowest BCUT2D eigenvalue weighted by Crippen LogP contribution is -2.36. The molecule has 0 spiro atoms. The minimum Gasteiger partial charge on any atom is -0.353 e. The van der Waals surface area contributed by atoms with Crippen LogP contribution in [0.5, 0.6) is 0 Å². The number of aryl methyl sites for hydroxylation is 1. The first-order valence-corrected chi connectivity index (χ1v) is 10.8. The van der Waals surface area contributed by atoms with Crippen LogP contribution < -0.4 is 5.32 Å². The van der Waals surface area contributed by atoms with Crippen LogP contribution >= 0.6 is 34.9 Å². The van der Waals surface area contributed by atoms with Gasteiger partial charge in [-0.1, -0.05) is 35.9 Å². The number of hydrogen-bond donors (Lipinski definition) is 1. The Hall–Kier alpha value is -1.80. The summed E-state index contributed by atoms with van der Waals surface area (Å²) in [5.74, 6) is -0.0266. The lowest BCUT2D eigenvalue weighted by molar-refractivity contribution is -0.121. The van der Waals surface area contributed by atoms with Gasteiger partial charge in [-0.2, -0.15) is 0 Å². The summed E-state index contributed by atoms with van der Waals surface area (Å²) in [7, 11) is 4.06. The van der Waals surface area contributed by atoms with Gasteiger partial charge in [0.1, 0.15) is 6.54 Å². The van der Waals surface area contributed by atoms with E-state index in [1.165, 1.54) is 21.8 Å². The number of nitrogens with zero attached hydrogens (tertiary/aromatic N) is 2. The second-order valence-corrected chi connectivity index (χ2v) is 9.12. The number of hydrogen-bond acceptors (Lipinski definition) is 5. The fraction of sp³-hybridized carbons (Fsp3) is 0.300. The van der Waals surface area contributed by atoms with Crippen LogP contribution in [0.4, 0.5) is 0 Å². The third-order valence-electron chi connectivity index (χ3n) is 4.42. The zero-order valence-corrected chi connectivity index (χ0v) is 18.1. The normalized spacial score (nSPS) is 12.3. The molecular weight excluding hydrogens is 394 g/mol. The van der Waals surface area contributed by atoms with Crippen LogP contribution in [0.1, 0.15) is 16.5 Å². The van der Waals surface area contributed by atoms with Crippen molar-refractivity contribution in [2.75, 3.05) is 20.6 Å². The van der Waals surface area contributed by atoms with Gasteiger partial charge in [0.05, 0.1) is 11.7 Å². The van der Waals surface area contributed by atoms with Gasteiger partial charge in [0.15, 0.2) is 3.95 Å². The van der Waals surface area contributed by atoms with Crippen molar-refractivity contribution in [1.29, 1.82) is 0 Å². The molecule has 0 aliphatic heterocycles. The third kappa shape index (κ3) is 4.93. The molecule has 1 aromatic carbocycles. The maximum Gasteiger partial charge on any atom is 0.240 e. The number of aromatic nitrogens is 1. The summed E-state index contributed by atoms with van der Waals surface area (Å²) in [5, 5.41) is 7.15. The van der Waals surface area contributed by atoms with E-state index in [1.54, 1.807) is 11.3 Å². The highest BCUT2D eigenvalue weighted by Crippen LogP contribution is 2.25. The van der Waals surface area contributed by atoms with E-state index < -0.39 is 0 Å². The Kier molecular flexibility index (Phi) is 6.59. The van der Waals surface area contributed by atoms with Gasteiger partial charge in [-0.05, 0) is 50.2 Å². The Morgan fingerprint density at radius 3 is 2.59 bits per heavy atom. The van der Waals surface area contributed by atoms with Gasteiger partial charge in [-0.3, -0.25) is 4.79 Å². The summed E-state index contributed by atoms with van der Waals surface area (Å²) in [4.78, 5) is 16.0. The quantitative estimate of drug-likeness (QED) is 0.565. The van der Waals surface area contributed by atoms with Crippen molar-refractivity contribution in [2.24, 2.45) is 0 Å². The van der Waals surface area contributed by atoms with Gasteiger partial charge in [-0.15, -0.1) is 22.7 Å². The van der Waals surface area contributed by atoms with Gasteiger partial charge in [-0.25, -0.2) is 0 Å². The number of likely N-dealkylation sites (N-methyl/N-ethyl adjacent to an activating group) is 1. The monoisotopic (exact) mass is 417 g/mol. The molecule has 1 amide bonds. The molecule has 3 rings (SSSR count). The van der Waals surface area contributed by atoms with Gasteiger partial charge in [0.2, 0.25) is 5.91 Å². The van der Waals surface area contributed by atoms with Gasteiger partial charge in [0, 0.05) is 16.8 Å². The number of carbonyl (C=O) groups is 1. The molecule has 2 aromatic heterocycles. The SMILES string of the molecule is Cc1ccc(-c2csc(=S)n2CC(=O)NCC(c2cccs2)N(C)C)cc1. The van der Waals surface area contributed by atoms with E-state index in [0.717, 1.165) is 11.3 Å². The van der Waals surface area contributed by atoms with Gasteiger partial charge < -0.3 is 14.8 Å². The third-order valence-corrected chi connectivity index (χ3v) is 6.66. The number of rotatable bonds is 7. The summed E-state index contributed by atoms with van der Waals surface area (Å²) in [6, 6.07) is 12.6. The second kappa shape index (κ2) is 8.93. The largest absolute Gasteiger partial charge is 0.353 e. The molecule has 4 nitrogen and oxygen atoms in total. The molecular formula is C20H23N3OS3. The van der Waals surface area contributed by atoms with E-state index in [0.29, 0.717) is 10.5 Å². The van der Waals surface area contributed by atoms with E-state index in [1.807, 2.05) is 30.1 Å². The summed E-state index contributed by atoms with van der Waals surface area (Å²) in [6.07, 6.45) is 0. The number of amides is 1. The molecule has 142 valence electrons. The molecule has 1 atom stereocenters. The minimum atomic E-state index is -0.0266. The van der Waals surface area contributed by atoms with Crippen LogP contribution in [0, 0.1) is 10.9 Å². The molecule has 0 radical (unpaired) electrons. The average molecular weight is 418 g/mol. The average Bonchev–Trinajstić information content (AvgIpc) is 3.27. The fourth-order valence-electron chi connectivity index (χ4n) is 2.86. The summed E-state index contributed by atoms with van der Waals surface area (Å²) in [6.45, 7) is 2.87. The first kappa shape index (κ1) is 19.9. The Labute approximate surface area is 173 Å². The summed E-state index contributed by atoms with van der Waals surface area (Å²) in [5.41, 5.74) is 3.27. The van der Waals surface area contributed by atoms with Gasteiger partial charge >= 0.3 is 0 Å². The van der Waals surface area contributed by atoms with Crippen molar-refractivity contribution in [3.05, 3.63) is 61.6 Å². The fourth-order valence-corrected chi connectivity index (χ4v) is 4.85. The molecule has 0 aliphatic carbocycles. The summed E-state index contributed by atoms with van der Waals surface area (Å²) < 4.78 is 2.62. The molecule has 1 N–H and O–H groups in total. The van der Waals surface area contributed by atoms with Gasteiger partial charge in [0.25, 0.3) is 0 Å². The zero-order chi connectivity index (χ0) is 19.4. The predicted molar refractivity (Wildman–Crippen MR) is 117 cm³/mol. The highest BCUT2D eigenvalue weighted by Gasteiger charge is 2.17. The van der Waals surface area contributed by atoms with Crippen LogP contribution in [-0.2, 0) is 11.3 Å². The molecule has 0 bridgehead atoms. The maximum absolute atomic E-state index is 12.6. The Morgan fingerprint density at radius 2 is 1.96 bits per heavy atom. The van der Waals surface area contributed by atoms with E-state index >= 15 is 0 Å². The second-order valence-electron chi connectivity index (χ2n) is 6.64. The molecule has 1 unspecified atom stereocenters. The zero-order valence-electron chi connectivity index (χ0n) is 15.6. The Bertz CT molecular complexity index is 940. The summed E-state index contributed by atoms with van der Waals surface area (Å²) >= 11 is 8.65. The number of thiazole rings is 1. The molecule has 0 aliphatic rings. The molecule has 2 heterocycles. The molecule has 3 aromatic rings. The highest BCUT2D eigenvalue weighted by molar-refractivity contribution is 7.73. The van der Waals surface area contributed by atoms with Crippen molar-refractivity contribution in [3.63, 3.8) is 0 Å². The molecule has 0 saturated heterocycles. The van der Waals surface area contributed by atoms with Crippen LogP contribution in [0.3, 0.4) is 0 Å². The Morgan fingerprint density at radius 1 is 1.22 bits per heavy atom. The number of carbonyl (C=O) groups excluding carboxylic acids is 1. The van der Waals surface area contributed by atoms with Crippen LogP contribution in [0.2, 0.25) is 0 Å². The van der Waals surface area contributed by atoms with Crippen molar-refractivity contribution in [3.8, 4) is 11.3 Å².